The van der Waals surface area contributed by atoms with Gasteiger partial charge >= 0.3 is 0 Å². The Balaban J connectivity index is 1.49. The summed E-state index contributed by atoms with van der Waals surface area (Å²) in [6.07, 6.45) is 4.30. The number of hydrogen-bond acceptors (Lipinski definition) is 7. The highest BCUT2D eigenvalue weighted by molar-refractivity contribution is 7.88. The smallest absolute Gasteiger partial charge is 0.224 e. The molecule has 0 saturated carbocycles. The molecule has 3 heterocycles. The first-order valence-electron chi connectivity index (χ1n) is 9.09. The minimum Gasteiger partial charge on any atom is -0.351 e. The lowest BCUT2D eigenvalue weighted by molar-refractivity contribution is 0.104. The molecule has 152 valence electrons. The molecule has 2 aromatic heterocycles. The van der Waals surface area contributed by atoms with Gasteiger partial charge in [0.05, 0.1) is 16.2 Å². The molecule has 1 fully saturated rings. The van der Waals surface area contributed by atoms with E-state index >= 15 is 0 Å². The summed E-state index contributed by atoms with van der Waals surface area (Å²) in [5.74, 6) is 0.343. The van der Waals surface area contributed by atoms with Gasteiger partial charge in [-0.15, -0.1) is 11.3 Å². The minimum absolute atomic E-state index is 0.106. The molecule has 0 bridgehead atoms. The SMILES string of the molecule is CS(=O)(=O)N1CCC(Nc2ncc3cc(C(=O)c4ccccc4Cl)sc3n2)CC1. The number of carbonyl (C=O) groups is 1. The van der Waals surface area contributed by atoms with Crippen LogP contribution in [0.25, 0.3) is 10.2 Å². The monoisotopic (exact) mass is 450 g/mol. The number of nitrogens with one attached hydrogen (secondary N) is 1. The van der Waals surface area contributed by atoms with E-state index in [0.29, 0.717) is 52.2 Å². The number of aromatic nitrogens is 2. The zero-order valence-electron chi connectivity index (χ0n) is 15.6. The second-order valence-electron chi connectivity index (χ2n) is 6.95. The topological polar surface area (TPSA) is 92.3 Å². The summed E-state index contributed by atoms with van der Waals surface area (Å²) in [7, 11) is -3.15. The number of hydrogen-bond donors (Lipinski definition) is 1. The summed E-state index contributed by atoms with van der Waals surface area (Å²) in [5, 5.41) is 4.50. The van der Waals surface area contributed by atoms with Gasteiger partial charge in [0, 0.05) is 36.3 Å². The second-order valence-corrected chi connectivity index (χ2v) is 10.4. The molecule has 4 rings (SSSR count). The van der Waals surface area contributed by atoms with Gasteiger partial charge in [-0.1, -0.05) is 23.7 Å². The second kappa shape index (κ2) is 7.98. The number of anilines is 1. The maximum absolute atomic E-state index is 12.8. The summed E-state index contributed by atoms with van der Waals surface area (Å²) in [6.45, 7) is 0.961. The summed E-state index contributed by atoms with van der Waals surface area (Å²) >= 11 is 7.45. The van der Waals surface area contributed by atoms with Crippen molar-refractivity contribution in [2.45, 2.75) is 18.9 Å². The predicted octanol–water partition coefficient (Wildman–Crippen LogP) is 3.41. The van der Waals surface area contributed by atoms with Gasteiger partial charge in [-0.25, -0.2) is 22.7 Å². The van der Waals surface area contributed by atoms with E-state index in [4.69, 9.17) is 11.6 Å². The summed E-state index contributed by atoms with van der Waals surface area (Å²) in [4.78, 5) is 22.9. The maximum Gasteiger partial charge on any atom is 0.224 e. The largest absolute Gasteiger partial charge is 0.351 e. The molecule has 0 atom stereocenters. The zero-order chi connectivity index (χ0) is 20.6. The highest BCUT2D eigenvalue weighted by Gasteiger charge is 2.25. The van der Waals surface area contributed by atoms with Crippen molar-refractivity contribution in [3.05, 3.63) is 52.0 Å². The summed E-state index contributed by atoms with van der Waals surface area (Å²) in [5.41, 5.74) is 0.463. The molecule has 0 spiro atoms. The number of sulfonamides is 1. The third-order valence-corrected chi connectivity index (χ3v) is 7.55. The average Bonchev–Trinajstić information content (AvgIpc) is 3.11. The Morgan fingerprint density at radius 1 is 1.28 bits per heavy atom. The lowest BCUT2D eigenvalue weighted by Crippen LogP contribution is -2.42. The number of nitrogens with zero attached hydrogens (tertiary/aromatic N) is 3. The van der Waals surface area contributed by atoms with Crippen LogP contribution in [0, 0.1) is 0 Å². The van der Waals surface area contributed by atoms with Crippen LogP contribution in [0.2, 0.25) is 5.02 Å². The van der Waals surface area contributed by atoms with E-state index in [0.717, 1.165) is 5.39 Å². The van der Waals surface area contributed by atoms with Gasteiger partial charge in [-0.2, -0.15) is 0 Å². The van der Waals surface area contributed by atoms with Crippen molar-refractivity contribution in [1.82, 2.24) is 14.3 Å². The lowest BCUT2D eigenvalue weighted by atomic mass is 10.1. The van der Waals surface area contributed by atoms with Crippen LogP contribution in [0.5, 0.6) is 0 Å². The van der Waals surface area contributed by atoms with Gasteiger partial charge in [-0.05, 0) is 31.0 Å². The standard InChI is InChI=1S/C19H19ClN4O3S2/c1-29(26,27)24-8-6-13(7-9-24)22-19-21-11-12-10-16(28-18(12)23-19)17(25)14-4-2-3-5-15(14)20/h2-5,10-11,13H,6-9H2,1H3,(H,21,22,23). The van der Waals surface area contributed by atoms with Crippen molar-refractivity contribution in [2.24, 2.45) is 0 Å². The van der Waals surface area contributed by atoms with Crippen LogP contribution in [-0.4, -0.2) is 53.9 Å². The van der Waals surface area contributed by atoms with E-state index in [1.165, 1.54) is 21.9 Å². The Morgan fingerprint density at radius 2 is 2.00 bits per heavy atom. The molecular formula is C19H19ClN4O3S2. The van der Waals surface area contributed by atoms with Crippen molar-refractivity contribution in [3.63, 3.8) is 0 Å². The van der Waals surface area contributed by atoms with Crippen molar-refractivity contribution in [1.29, 1.82) is 0 Å². The van der Waals surface area contributed by atoms with E-state index in [-0.39, 0.29) is 11.8 Å². The Kier molecular flexibility index (Phi) is 5.56. The fourth-order valence-corrected chi connectivity index (χ4v) is 5.36. The van der Waals surface area contributed by atoms with Crippen molar-refractivity contribution in [2.75, 3.05) is 24.7 Å². The fraction of sp³-hybridized carbons (Fsp3) is 0.316. The highest BCUT2D eigenvalue weighted by Crippen LogP contribution is 2.28. The van der Waals surface area contributed by atoms with Crippen LogP contribution in [0.3, 0.4) is 0 Å². The van der Waals surface area contributed by atoms with Crippen LogP contribution in [0.15, 0.2) is 36.5 Å². The summed E-state index contributed by atoms with van der Waals surface area (Å²) < 4.78 is 24.7. The first kappa shape index (κ1) is 20.2. The Bertz CT molecular complexity index is 1170. The predicted molar refractivity (Wildman–Crippen MR) is 115 cm³/mol. The molecule has 7 nitrogen and oxygen atoms in total. The molecule has 1 N–H and O–H groups in total. The van der Waals surface area contributed by atoms with Crippen molar-refractivity contribution < 1.29 is 13.2 Å². The molecule has 0 aliphatic carbocycles. The van der Waals surface area contributed by atoms with E-state index in [1.54, 1.807) is 36.5 Å². The van der Waals surface area contributed by atoms with Gasteiger partial charge in [-0.3, -0.25) is 4.79 Å². The molecule has 3 aromatic rings. The van der Waals surface area contributed by atoms with Crippen LogP contribution >= 0.6 is 22.9 Å². The fourth-order valence-electron chi connectivity index (χ4n) is 3.30. The normalized spacial score (nSPS) is 16.2. The van der Waals surface area contributed by atoms with Gasteiger partial charge < -0.3 is 5.32 Å². The van der Waals surface area contributed by atoms with Crippen LogP contribution in [-0.2, 0) is 10.0 Å². The van der Waals surface area contributed by atoms with Gasteiger partial charge in [0.1, 0.15) is 4.83 Å². The van der Waals surface area contributed by atoms with E-state index in [2.05, 4.69) is 15.3 Å². The molecule has 0 unspecified atom stereocenters. The third-order valence-electron chi connectivity index (χ3n) is 4.87. The molecular weight excluding hydrogens is 432 g/mol. The number of benzene rings is 1. The molecule has 1 saturated heterocycles. The maximum atomic E-state index is 12.8. The number of rotatable bonds is 5. The number of piperidine rings is 1. The Hall–Kier alpha value is -2.07. The number of carbonyl (C=O) groups excluding carboxylic acids is 1. The molecule has 0 amide bonds. The number of halogens is 1. The van der Waals surface area contributed by atoms with Gasteiger partial charge in [0.2, 0.25) is 21.8 Å². The molecule has 1 aromatic carbocycles. The number of ketones is 1. The number of fused-ring (bicyclic) bond motifs is 1. The van der Waals surface area contributed by atoms with E-state index < -0.39 is 10.0 Å². The minimum atomic E-state index is -3.15. The molecule has 29 heavy (non-hydrogen) atoms. The molecule has 1 aliphatic heterocycles. The summed E-state index contributed by atoms with van der Waals surface area (Å²) in [6, 6.07) is 8.85. The van der Waals surface area contributed by atoms with E-state index in [1.807, 2.05) is 0 Å². The van der Waals surface area contributed by atoms with E-state index in [9.17, 15) is 13.2 Å². The van der Waals surface area contributed by atoms with Crippen LogP contribution in [0.4, 0.5) is 5.95 Å². The van der Waals surface area contributed by atoms with Crippen LogP contribution < -0.4 is 5.32 Å². The molecule has 0 radical (unpaired) electrons. The Morgan fingerprint density at radius 3 is 2.69 bits per heavy atom. The van der Waals surface area contributed by atoms with Crippen molar-refractivity contribution >= 4 is 54.9 Å². The first-order valence-corrected chi connectivity index (χ1v) is 12.1. The quantitative estimate of drug-likeness (QED) is 0.599. The van der Waals surface area contributed by atoms with Gasteiger partial charge in [0.15, 0.2) is 0 Å². The molecule has 1 aliphatic rings. The Labute approximate surface area is 177 Å². The zero-order valence-corrected chi connectivity index (χ0v) is 18.0. The third kappa shape index (κ3) is 4.42. The van der Waals surface area contributed by atoms with Gasteiger partial charge in [0.25, 0.3) is 0 Å². The van der Waals surface area contributed by atoms with Crippen LogP contribution in [0.1, 0.15) is 28.1 Å². The average molecular weight is 451 g/mol. The highest BCUT2D eigenvalue weighted by atomic mass is 35.5. The first-order chi connectivity index (χ1) is 13.8. The van der Waals surface area contributed by atoms with Crippen molar-refractivity contribution in [3.8, 4) is 0 Å². The lowest BCUT2D eigenvalue weighted by Gasteiger charge is -2.30. The molecule has 10 heteroatoms. The number of thiophene rings is 1.